The van der Waals surface area contributed by atoms with Crippen LogP contribution in [0.15, 0.2) is 57.7 Å². The fourth-order valence-electron chi connectivity index (χ4n) is 2.63. The molecule has 8 nitrogen and oxygen atoms in total. The zero-order valence-electron chi connectivity index (χ0n) is 16.9. The molecule has 1 aromatic heterocycles. The normalized spacial score (nSPS) is 11.3. The van der Waals surface area contributed by atoms with Gasteiger partial charge in [-0.05, 0) is 36.4 Å². The van der Waals surface area contributed by atoms with Crippen LogP contribution in [0.5, 0.6) is 0 Å². The third-order valence-corrected chi connectivity index (χ3v) is 4.37. The van der Waals surface area contributed by atoms with Gasteiger partial charge in [0, 0.05) is 16.7 Å². The minimum absolute atomic E-state index is 0.141. The van der Waals surface area contributed by atoms with E-state index in [1.165, 1.54) is 0 Å². The lowest BCUT2D eigenvalue weighted by Crippen LogP contribution is -2.27. The number of ether oxygens (including phenoxy) is 1. The second-order valence-corrected chi connectivity index (χ2v) is 7.79. The number of nitrogens with zero attached hydrogens (tertiary/aromatic N) is 1. The summed E-state index contributed by atoms with van der Waals surface area (Å²) in [7, 11) is 0. The smallest absolute Gasteiger partial charge is 0.420 e. The second kappa shape index (κ2) is 8.36. The highest BCUT2D eigenvalue weighted by molar-refractivity contribution is 5.99. The standard InChI is InChI=1S/C22H22N2O6/c1-22(2,3)20(27)23-15-10-8-14(9-11-15)17(25)13-29-19(26)12-24-16-6-4-5-7-18(16)30-21(24)28/h4-11H,12-13H2,1-3H3,(H,23,27). The lowest BCUT2D eigenvalue weighted by Gasteiger charge is -2.17. The molecule has 3 rings (SSSR count). The number of rotatable bonds is 6. The summed E-state index contributed by atoms with van der Waals surface area (Å²) in [5.74, 6) is -1.95. The van der Waals surface area contributed by atoms with Gasteiger partial charge in [0.25, 0.3) is 0 Å². The lowest BCUT2D eigenvalue weighted by molar-refractivity contribution is -0.143. The monoisotopic (exact) mass is 410 g/mol. The van der Waals surface area contributed by atoms with E-state index in [1.54, 1.807) is 69.3 Å². The number of fused-ring (bicyclic) bond motifs is 1. The van der Waals surface area contributed by atoms with Crippen molar-refractivity contribution in [1.29, 1.82) is 0 Å². The SMILES string of the molecule is CC(C)(C)C(=O)Nc1ccc(C(=O)COC(=O)Cn2c(=O)oc3ccccc32)cc1. The van der Waals surface area contributed by atoms with Gasteiger partial charge in [0.15, 0.2) is 18.0 Å². The number of nitrogens with one attached hydrogen (secondary N) is 1. The van der Waals surface area contributed by atoms with Gasteiger partial charge in [-0.1, -0.05) is 32.9 Å². The largest absolute Gasteiger partial charge is 0.456 e. The van der Waals surface area contributed by atoms with E-state index in [4.69, 9.17) is 9.15 Å². The molecule has 0 aliphatic rings. The molecule has 0 aliphatic heterocycles. The van der Waals surface area contributed by atoms with Crippen molar-refractivity contribution in [1.82, 2.24) is 4.57 Å². The van der Waals surface area contributed by atoms with Crippen LogP contribution >= 0.6 is 0 Å². The Kier molecular flexibility index (Phi) is 5.86. The molecule has 0 spiro atoms. The summed E-state index contributed by atoms with van der Waals surface area (Å²) < 4.78 is 11.2. The highest BCUT2D eigenvalue weighted by atomic mass is 16.5. The number of amides is 1. The Morgan fingerprint density at radius 3 is 2.37 bits per heavy atom. The van der Waals surface area contributed by atoms with Gasteiger partial charge in [-0.25, -0.2) is 4.79 Å². The molecule has 1 amide bonds. The number of hydrogen-bond acceptors (Lipinski definition) is 6. The first kappa shape index (κ1) is 21.0. The number of aromatic nitrogens is 1. The molecule has 3 aromatic rings. The van der Waals surface area contributed by atoms with E-state index in [1.807, 2.05) is 0 Å². The van der Waals surface area contributed by atoms with Gasteiger partial charge in [0.1, 0.15) is 6.54 Å². The Labute approximate surface area is 172 Å². The first-order valence-electron chi connectivity index (χ1n) is 9.34. The topological polar surface area (TPSA) is 108 Å². The van der Waals surface area contributed by atoms with E-state index in [9.17, 15) is 19.2 Å². The fourth-order valence-corrected chi connectivity index (χ4v) is 2.63. The van der Waals surface area contributed by atoms with Crippen molar-refractivity contribution in [3.05, 3.63) is 64.6 Å². The number of carbonyl (C=O) groups is 3. The van der Waals surface area contributed by atoms with Crippen LogP contribution in [0.25, 0.3) is 11.1 Å². The van der Waals surface area contributed by atoms with E-state index in [0.29, 0.717) is 22.4 Å². The molecule has 2 aromatic carbocycles. The summed E-state index contributed by atoms with van der Waals surface area (Å²) in [6.45, 7) is 4.58. The number of oxazole rings is 1. The summed E-state index contributed by atoms with van der Waals surface area (Å²) in [6, 6.07) is 13.0. The van der Waals surface area contributed by atoms with Crippen molar-refractivity contribution in [2.45, 2.75) is 27.3 Å². The van der Waals surface area contributed by atoms with Crippen molar-refractivity contribution < 1.29 is 23.5 Å². The Balaban J connectivity index is 1.57. The lowest BCUT2D eigenvalue weighted by atomic mass is 9.95. The van der Waals surface area contributed by atoms with Gasteiger partial charge in [-0.3, -0.25) is 19.0 Å². The first-order chi connectivity index (χ1) is 14.1. The molecule has 30 heavy (non-hydrogen) atoms. The third-order valence-electron chi connectivity index (χ3n) is 4.37. The van der Waals surface area contributed by atoms with E-state index in [0.717, 1.165) is 4.57 Å². The maximum absolute atomic E-state index is 12.3. The van der Waals surface area contributed by atoms with Crippen LogP contribution in [-0.2, 0) is 20.9 Å². The second-order valence-electron chi connectivity index (χ2n) is 7.79. The van der Waals surface area contributed by atoms with Crippen LogP contribution in [0.4, 0.5) is 5.69 Å². The van der Waals surface area contributed by atoms with E-state index < -0.39 is 29.5 Å². The number of anilines is 1. The molecule has 1 heterocycles. The molecule has 0 bridgehead atoms. The highest BCUT2D eigenvalue weighted by Gasteiger charge is 2.21. The predicted octanol–water partition coefficient (Wildman–Crippen LogP) is 3.01. The van der Waals surface area contributed by atoms with Gasteiger partial charge < -0.3 is 14.5 Å². The minimum atomic E-state index is -0.730. The number of para-hydroxylation sites is 2. The Hall–Kier alpha value is -3.68. The van der Waals surface area contributed by atoms with Crippen LogP contribution in [0.1, 0.15) is 31.1 Å². The van der Waals surface area contributed by atoms with Crippen molar-refractivity contribution >= 4 is 34.4 Å². The maximum atomic E-state index is 12.3. The van der Waals surface area contributed by atoms with Crippen molar-refractivity contribution in [3.63, 3.8) is 0 Å². The third kappa shape index (κ3) is 4.83. The molecule has 0 radical (unpaired) electrons. The summed E-state index contributed by atoms with van der Waals surface area (Å²) in [4.78, 5) is 48.3. The maximum Gasteiger partial charge on any atom is 0.420 e. The van der Waals surface area contributed by atoms with Crippen LogP contribution in [0, 0.1) is 5.41 Å². The molecule has 0 saturated carbocycles. The number of carbonyl (C=O) groups excluding carboxylic acids is 3. The predicted molar refractivity (Wildman–Crippen MR) is 110 cm³/mol. The molecule has 0 unspecified atom stereocenters. The summed E-state index contributed by atoms with van der Waals surface area (Å²) >= 11 is 0. The first-order valence-corrected chi connectivity index (χ1v) is 9.34. The summed E-state index contributed by atoms with van der Waals surface area (Å²) in [5.41, 5.74) is 1.20. The molecule has 0 fully saturated rings. The molecule has 0 saturated heterocycles. The highest BCUT2D eigenvalue weighted by Crippen LogP contribution is 2.18. The Bertz CT molecular complexity index is 1150. The van der Waals surface area contributed by atoms with Crippen molar-refractivity contribution in [2.75, 3.05) is 11.9 Å². The number of Topliss-reactive ketones (excluding diaryl/α,β-unsaturated/α-hetero) is 1. The number of ketones is 1. The van der Waals surface area contributed by atoms with Gasteiger partial charge in [-0.2, -0.15) is 0 Å². The quantitative estimate of drug-likeness (QED) is 0.494. The van der Waals surface area contributed by atoms with E-state index >= 15 is 0 Å². The molecule has 0 atom stereocenters. The Morgan fingerprint density at radius 2 is 1.70 bits per heavy atom. The minimum Gasteiger partial charge on any atom is -0.456 e. The van der Waals surface area contributed by atoms with Gasteiger partial charge in [-0.15, -0.1) is 0 Å². The number of hydrogen-bond donors (Lipinski definition) is 1. The van der Waals surface area contributed by atoms with Crippen molar-refractivity contribution in [3.8, 4) is 0 Å². The summed E-state index contributed by atoms with van der Waals surface area (Å²) in [5, 5.41) is 2.77. The van der Waals surface area contributed by atoms with Gasteiger partial charge in [0.2, 0.25) is 5.91 Å². The van der Waals surface area contributed by atoms with Gasteiger partial charge in [0.05, 0.1) is 5.52 Å². The van der Waals surface area contributed by atoms with Crippen LogP contribution in [0.2, 0.25) is 0 Å². The average Bonchev–Trinajstić information content (AvgIpc) is 3.01. The molecule has 0 aliphatic carbocycles. The summed E-state index contributed by atoms with van der Waals surface area (Å²) in [6.07, 6.45) is 0. The average molecular weight is 410 g/mol. The zero-order chi connectivity index (χ0) is 21.9. The fraction of sp³-hybridized carbons (Fsp3) is 0.273. The van der Waals surface area contributed by atoms with Crippen LogP contribution < -0.4 is 11.1 Å². The Morgan fingerprint density at radius 1 is 1.03 bits per heavy atom. The van der Waals surface area contributed by atoms with E-state index in [2.05, 4.69) is 5.32 Å². The molecule has 8 heteroatoms. The number of benzene rings is 2. The molecule has 156 valence electrons. The molecular weight excluding hydrogens is 388 g/mol. The van der Waals surface area contributed by atoms with Crippen molar-refractivity contribution in [2.24, 2.45) is 5.41 Å². The molecule has 1 N–H and O–H groups in total. The zero-order valence-corrected chi connectivity index (χ0v) is 16.9. The van der Waals surface area contributed by atoms with E-state index in [-0.39, 0.29) is 12.5 Å². The van der Waals surface area contributed by atoms with Crippen LogP contribution in [-0.4, -0.2) is 28.8 Å². The van der Waals surface area contributed by atoms with Crippen LogP contribution in [0.3, 0.4) is 0 Å². The number of esters is 1. The molecular formula is C22H22N2O6. The van der Waals surface area contributed by atoms with Gasteiger partial charge >= 0.3 is 11.7 Å².